The Morgan fingerprint density at radius 2 is 1.42 bits per heavy atom. The third kappa shape index (κ3) is 4.69. The van der Waals surface area contributed by atoms with Crippen LogP contribution in [-0.4, -0.2) is 11.8 Å². The highest BCUT2D eigenvalue weighted by molar-refractivity contribution is 5.92. The first kappa shape index (κ1) is 18.1. The zero-order chi connectivity index (χ0) is 18.4. The molecular weight excluding hydrogens is 331 g/mol. The van der Waals surface area contributed by atoms with Crippen LogP contribution in [-0.2, 0) is 16.1 Å². The molecule has 0 heterocycles. The van der Waals surface area contributed by atoms with E-state index in [-0.39, 0.29) is 29.3 Å². The molecule has 4 nitrogen and oxygen atoms in total. The standard InChI is InChI=1S/C21H23FN2O2/c22-18-8-4-5-9-19(18)24-21(26)17-12-10-16(11-13-17)20(25)23-14-15-6-2-1-3-7-15/h1-9,16-17H,10-14H2,(H,23,25)(H,24,26). The van der Waals surface area contributed by atoms with Crippen LogP contribution in [0.4, 0.5) is 10.1 Å². The van der Waals surface area contributed by atoms with Crippen molar-refractivity contribution in [3.63, 3.8) is 0 Å². The number of amides is 2. The van der Waals surface area contributed by atoms with E-state index in [9.17, 15) is 14.0 Å². The van der Waals surface area contributed by atoms with E-state index < -0.39 is 5.82 Å². The number of rotatable bonds is 5. The molecule has 0 aromatic heterocycles. The first-order valence-corrected chi connectivity index (χ1v) is 9.00. The maximum atomic E-state index is 13.6. The third-order valence-electron chi connectivity index (χ3n) is 4.91. The average Bonchev–Trinajstić information content (AvgIpc) is 2.69. The van der Waals surface area contributed by atoms with Gasteiger partial charge < -0.3 is 10.6 Å². The van der Waals surface area contributed by atoms with Gasteiger partial charge in [-0.25, -0.2) is 4.39 Å². The molecule has 0 aliphatic heterocycles. The van der Waals surface area contributed by atoms with Gasteiger partial charge in [-0.05, 0) is 43.4 Å². The lowest BCUT2D eigenvalue weighted by atomic mass is 9.81. The second-order valence-corrected chi connectivity index (χ2v) is 6.72. The van der Waals surface area contributed by atoms with Gasteiger partial charge in [0.1, 0.15) is 5.82 Å². The smallest absolute Gasteiger partial charge is 0.227 e. The summed E-state index contributed by atoms with van der Waals surface area (Å²) in [6.45, 7) is 0.521. The number of para-hydroxylation sites is 1. The lowest BCUT2D eigenvalue weighted by Gasteiger charge is -2.27. The van der Waals surface area contributed by atoms with E-state index in [1.807, 2.05) is 30.3 Å². The van der Waals surface area contributed by atoms with Gasteiger partial charge in [0, 0.05) is 18.4 Å². The summed E-state index contributed by atoms with van der Waals surface area (Å²) in [5.41, 5.74) is 1.28. The summed E-state index contributed by atoms with van der Waals surface area (Å²) in [6.07, 6.45) is 2.64. The second-order valence-electron chi connectivity index (χ2n) is 6.72. The number of carbonyl (C=O) groups is 2. The number of benzene rings is 2. The van der Waals surface area contributed by atoms with Crippen LogP contribution in [0.2, 0.25) is 0 Å². The number of hydrogen-bond acceptors (Lipinski definition) is 2. The molecule has 26 heavy (non-hydrogen) atoms. The molecule has 5 heteroatoms. The molecule has 1 saturated carbocycles. The first-order chi connectivity index (χ1) is 12.6. The molecule has 0 spiro atoms. The van der Waals surface area contributed by atoms with Gasteiger partial charge in [-0.15, -0.1) is 0 Å². The summed E-state index contributed by atoms with van der Waals surface area (Å²) in [6, 6.07) is 15.9. The van der Waals surface area contributed by atoms with Crippen LogP contribution in [0.3, 0.4) is 0 Å². The van der Waals surface area contributed by atoms with Crippen LogP contribution in [0.15, 0.2) is 54.6 Å². The fraction of sp³-hybridized carbons (Fsp3) is 0.333. The maximum Gasteiger partial charge on any atom is 0.227 e. The number of nitrogens with one attached hydrogen (secondary N) is 2. The third-order valence-corrected chi connectivity index (χ3v) is 4.91. The van der Waals surface area contributed by atoms with Crippen molar-refractivity contribution >= 4 is 17.5 Å². The van der Waals surface area contributed by atoms with Gasteiger partial charge in [-0.1, -0.05) is 42.5 Å². The molecule has 3 rings (SSSR count). The summed E-state index contributed by atoms with van der Waals surface area (Å²) in [5, 5.41) is 5.63. The monoisotopic (exact) mass is 354 g/mol. The van der Waals surface area contributed by atoms with Gasteiger partial charge >= 0.3 is 0 Å². The van der Waals surface area contributed by atoms with Crippen molar-refractivity contribution < 1.29 is 14.0 Å². The van der Waals surface area contributed by atoms with Crippen molar-refractivity contribution in [3.8, 4) is 0 Å². The molecule has 1 aliphatic rings. The normalized spacial score (nSPS) is 19.6. The van der Waals surface area contributed by atoms with E-state index in [1.165, 1.54) is 6.07 Å². The summed E-state index contributed by atoms with van der Waals surface area (Å²) in [7, 11) is 0. The molecule has 1 fully saturated rings. The largest absolute Gasteiger partial charge is 0.352 e. The molecule has 2 aromatic carbocycles. The fourth-order valence-corrected chi connectivity index (χ4v) is 3.34. The highest BCUT2D eigenvalue weighted by atomic mass is 19.1. The van der Waals surface area contributed by atoms with Crippen LogP contribution in [0.5, 0.6) is 0 Å². The van der Waals surface area contributed by atoms with Crippen molar-refractivity contribution in [2.24, 2.45) is 11.8 Å². The Hall–Kier alpha value is -2.69. The molecule has 0 saturated heterocycles. The quantitative estimate of drug-likeness (QED) is 0.856. The van der Waals surface area contributed by atoms with Crippen LogP contribution < -0.4 is 10.6 Å². The average molecular weight is 354 g/mol. The summed E-state index contributed by atoms with van der Waals surface area (Å²) < 4.78 is 13.6. The van der Waals surface area contributed by atoms with Crippen molar-refractivity contribution in [3.05, 3.63) is 66.0 Å². The number of carbonyl (C=O) groups excluding carboxylic acids is 2. The van der Waals surface area contributed by atoms with Crippen molar-refractivity contribution in [1.29, 1.82) is 0 Å². The van der Waals surface area contributed by atoms with Gasteiger partial charge in [-0.3, -0.25) is 9.59 Å². The van der Waals surface area contributed by atoms with E-state index in [0.29, 0.717) is 32.2 Å². The van der Waals surface area contributed by atoms with Gasteiger partial charge in [0.05, 0.1) is 5.69 Å². The molecule has 0 bridgehead atoms. The molecule has 0 radical (unpaired) electrons. The van der Waals surface area contributed by atoms with Crippen LogP contribution >= 0.6 is 0 Å². The van der Waals surface area contributed by atoms with E-state index >= 15 is 0 Å². The minimum Gasteiger partial charge on any atom is -0.352 e. The zero-order valence-electron chi connectivity index (χ0n) is 14.6. The Morgan fingerprint density at radius 3 is 2.08 bits per heavy atom. The van der Waals surface area contributed by atoms with E-state index in [2.05, 4.69) is 10.6 Å². The van der Waals surface area contributed by atoms with Crippen molar-refractivity contribution in [2.75, 3.05) is 5.32 Å². The fourth-order valence-electron chi connectivity index (χ4n) is 3.34. The number of hydrogen-bond donors (Lipinski definition) is 2. The molecule has 2 aromatic rings. The van der Waals surface area contributed by atoms with E-state index in [4.69, 9.17) is 0 Å². The van der Waals surface area contributed by atoms with Gasteiger partial charge in [-0.2, -0.15) is 0 Å². The number of anilines is 1. The Kier molecular flexibility index (Phi) is 6.00. The Balaban J connectivity index is 1.45. The minimum absolute atomic E-state index is 0.0433. The number of halogens is 1. The lowest BCUT2D eigenvalue weighted by Crippen LogP contribution is -2.35. The molecular formula is C21H23FN2O2. The summed E-state index contributed by atoms with van der Waals surface area (Å²) in [4.78, 5) is 24.7. The molecule has 0 atom stereocenters. The van der Waals surface area contributed by atoms with Crippen LogP contribution in [0, 0.1) is 17.7 Å². The Bertz CT molecular complexity index is 756. The predicted octanol–water partition coefficient (Wildman–Crippen LogP) is 3.89. The van der Waals surface area contributed by atoms with E-state index in [1.54, 1.807) is 18.2 Å². The minimum atomic E-state index is -0.435. The zero-order valence-corrected chi connectivity index (χ0v) is 14.6. The summed E-state index contributed by atoms with van der Waals surface area (Å²) >= 11 is 0. The van der Waals surface area contributed by atoms with E-state index in [0.717, 1.165) is 5.56 Å². The highest BCUT2D eigenvalue weighted by Crippen LogP contribution is 2.30. The van der Waals surface area contributed by atoms with Crippen molar-refractivity contribution in [1.82, 2.24) is 5.32 Å². The summed E-state index contributed by atoms with van der Waals surface area (Å²) in [5.74, 6) is -0.793. The molecule has 2 N–H and O–H groups in total. The Labute approximate surface area is 152 Å². The first-order valence-electron chi connectivity index (χ1n) is 9.00. The molecule has 0 unspecified atom stereocenters. The van der Waals surface area contributed by atoms with Crippen molar-refractivity contribution in [2.45, 2.75) is 32.2 Å². The highest BCUT2D eigenvalue weighted by Gasteiger charge is 2.30. The topological polar surface area (TPSA) is 58.2 Å². The molecule has 1 aliphatic carbocycles. The Morgan fingerprint density at radius 1 is 0.846 bits per heavy atom. The van der Waals surface area contributed by atoms with Gasteiger partial charge in [0.15, 0.2) is 0 Å². The maximum absolute atomic E-state index is 13.6. The molecule has 136 valence electrons. The molecule has 2 amide bonds. The van der Waals surface area contributed by atoms with Gasteiger partial charge in [0.2, 0.25) is 11.8 Å². The predicted molar refractivity (Wildman–Crippen MR) is 98.8 cm³/mol. The van der Waals surface area contributed by atoms with Gasteiger partial charge in [0.25, 0.3) is 0 Å². The lowest BCUT2D eigenvalue weighted by molar-refractivity contribution is -0.128. The second kappa shape index (κ2) is 8.61. The SMILES string of the molecule is O=C(NCc1ccccc1)C1CCC(C(=O)Nc2ccccc2F)CC1. The van der Waals surface area contributed by atoms with Crippen LogP contribution in [0.25, 0.3) is 0 Å². The van der Waals surface area contributed by atoms with Crippen LogP contribution in [0.1, 0.15) is 31.2 Å².